The lowest BCUT2D eigenvalue weighted by Gasteiger charge is -2.21. The van der Waals surface area contributed by atoms with E-state index in [1.54, 1.807) is 0 Å². The molecule has 0 radical (unpaired) electrons. The molecule has 0 fully saturated rings. The van der Waals surface area contributed by atoms with Crippen molar-refractivity contribution < 1.29 is 0 Å². The summed E-state index contributed by atoms with van der Waals surface area (Å²) in [5.41, 5.74) is 9.28. The summed E-state index contributed by atoms with van der Waals surface area (Å²) in [5, 5.41) is 0.797. The summed E-state index contributed by atoms with van der Waals surface area (Å²) in [6.45, 7) is 2.75. The Labute approximate surface area is 133 Å². The second kappa shape index (κ2) is 6.61. The normalized spacial score (nSPS) is 12.2. The predicted octanol–water partition coefficient (Wildman–Crippen LogP) is 4.76. The van der Waals surface area contributed by atoms with Crippen molar-refractivity contribution in [2.45, 2.75) is 19.5 Å². The molecule has 4 heteroatoms. The number of hydrogen-bond acceptors (Lipinski definition) is 2. The van der Waals surface area contributed by atoms with E-state index in [0.29, 0.717) is 0 Å². The van der Waals surface area contributed by atoms with Crippen LogP contribution in [0.4, 0.5) is 5.69 Å². The summed E-state index contributed by atoms with van der Waals surface area (Å²) in [4.78, 5) is 2.16. The van der Waals surface area contributed by atoms with Crippen LogP contribution in [0, 0.1) is 0 Å². The number of halogens is 2. The highest BCUT2D eigenvalue weighted by Crippen LogP contribution is 2.28. The minimum Gasteiger partial charge on any atom is -0.370 e. The van der Waals surface area contributed by atoms with E-state index < -0.39 is 0 Å². The molecule has 0 aliphatic rings. The van der Waals surface area contributed by atoms with Gasteiger partial charge < -0.3 is 10.6 Å². The summed E-state index contributed by atoms with van der Waals surface area (Å²) in [6.07, 6.45) is 0. The SMILES string of the molecule is C[C@H](N)c1ccc(N(C)Cc2ccccc2Cl)cc1Br. The van der Waals surface area contributed by atoms with Crippen molar-refractivity contribution in [3.05, 3.63) is 63.1 Å². The molecule has 106 valence electrons. The number of anilines is 1. The first-order chi connectivity index (χ1) is 9.49. The molecule has 0 aliphatic heterocycles. The van der Waals surface area contributed by atoms with Gasteiger partial charge in [-0.25, -0.2) is 0 Å². The molecule has 2 aromatic carbocycles. The Balaban J connectivity index is 2.20. The highest BCUT2D eigenvalue weighted by Gasteiger charge is 2.09. The van der Waals surface area contributed by atoms with Crippen LogP contribution in [0.15, 0.2) is 46.9 Å². The van der Waals surface area contributed by atoms with Crippen molar-refractivity contribution in [3.63, 3.8) is 0 Å². The average molecular weight is 354 g/mol. The Morgan fingerprint density at radius 3 is 2.55 bits per heavy atom. The number of nitrogens with zero attached hydrogens (tertiary/aromatic N) is 1. The molecule has 0 aromatic heterocycles. The van der Waals surface area contributed by atoms with Crippen LogP contribution in [0.25, 0.3) is 0 Å². The zero-order chi connectivity index (χ0) is 14.7. The van der Waals surface area contributed by atoms with Gasteiger partial charge in [-0.2, -0.15) is 0 Å². The minimum absolute atomic E-state index is 0.0206. The summed E-state index contributed by atoms with van der Waals surface area (Å²) in [6, 6.07) is 14.2. The zero-order valence-electron chi connectivity index (χ0n) is 11.6. The van der Waals surface area contributed by atoms with E-state index in [1.165, 1.54) is 0 Å². The van der Waals surface area contributed by atoms with Crippen molar-refractivity contribution in [2.75, 3.05) is 11.9 Å². The van der Waals surface area contributed by atoms with Gasteiger partial charge in [-0.1, -0.05) is 51.8 Å². The summed E-state index contributed by atoms with van der Waals surface area (Å²) >= 11 is 9.78. The second-order valence-corrected chi connectivity index (χ2v) is 6.20. The molecule has 0 unspecified atom stereocenters. The van der Waals surface area contributed by atoms with Gasteiger partial charge >= 0.3 is 0 Å². The molecule has 0 aliphatic carbocycles. The Kier molecular flexibility index (Phi) is 5.08. The number of rotatable bonds is 4. The molecular formula is C16H18BrClN2. The fourth-order valence-electron chi connectivity index (χ4n) is 2.10. The van der Waals surface area contributed by atoms with Gasteiger partial charge in [-0.3, -0.25) is 0 Å². The van der Waals surface area contributed by atoms with Crippen LogP contribution in [0.3, 0.4) is 0 Å². The van der Waals surface area contributed by atoms with Gasteiger partial charge in [0.15, 0.2) is 0 Å². The van der Waals surface area contributed by atoms with Crippen LogP contribution in [0.1, 0.15) is 24.1 Å². The van der Waals surface area contributed by atoms with Crippen LogP contribution in [-0.2, 0) is 6.54 Å². The molecular weight excluding hydrogens is 336 g/mol. The third-order valence-electron chi connectivity index (χ3n) is 3.28. The molecule has 0 saturated carbocycles. The molecule has 0 heterocycles. The third-order valence-corrected chi connectivity index (χ3v) is 4.34. The Hall–Kier alpha value is -1.03. The lowest BCUT2D eigenvalue weighted by atomic mass is 10.1. The fraction of sp³-hybridized carbons (Fsp3) is 0.250. The monoisotopic (exact) mass is 352 g/mol. The van der Waals surface area contributed by atoms with Crippen LogP contribution in [-0.4, -0.2) is 7.05 Å². The van der Waals surface area contributed by atoms with Crippen LogP contribution >= 0.6 is 27.5 Å². The molecule has 2 nitrogen and oxygen atoms in total. The Bertz CT molecular complexity index is 599. The molecule has 2 rings (SSSR count). The summed E-state index contributed by atoms with van der Waals surface area (Å²) in [5.74, 6) is 0. The maximum absolute atomic E-state index is 6.20. The zero-order valence-corrected chi connectivity index (χ0v) is 13.9. The molecule has 0 saturated heterocycles. The third kappa shape index (κ3) is 3.54. The molecule has 0 amide bonds. The minimum atomic E-state index is 0.0206. The van der Waals surface area contributed by atoms with Crippen molar-refractivity contribution >= 4 is 33.2 Å². The van der Waals surface area contributed by atoms with Crippen LogP contribution < -0.4 is 10.6 Å². The van der Waals surface area contributed by atoms with Crippen molar-refractivity contribution in [3.8, 4) is 0 Å². The van der Waals surface area contributed by atoms with Gasteiger partial charge in [0.25, 0.3) is 0 Å². The van der Waals surface area contributed by atoms with E-state index in [9.17, 15) is 0 Å². The fourth-order valence-corrected chi connectivity index (χ4v) is 3.02. The van der Waals surface area contributed by atoms with E-state index in [4.69, 9.17) is 17.3 Å². The van der Waals surface area contributed by atoms with E-state index in [1.807, 2.05) is 31.2 Å². The quantitative estimate of drug-likeness (QED) is 0.858. The van der Waals surface area contributed by atoms with Crippen molar-refractivity contribution in [1.82, 2.24) is 0 Å². The first-order valence-electron chi connectivity index (χ1n) is 6.48. The van der Waals surface area contributed by atoms with E-state index in [2.05, 4.69) is 46.1 Å². The summed E-state index contributed by atoms with van der Waals surface area (Å²) in [7, 11) is 2.05. The molecule has 0 bridgehead atoms. The number of hydrogen-bond donors (Lipinski definition) is 1. The molecule has 1 atom stereocenters. The highest BCUT2D eigenvalue weighted by atomic mass is 79.9. The smallest absolute Gasteiger partial charge is 0.0455 e. The van der Waals surface area contributed by atoms with E-state index >= 15 is 0 Å². The predicted molar refractivity (Wildman–Crippen MR) is 90.3 cm³/mol. The molecule has 2 aromatic rings. The standard InChI is InChI=1S/C16H18BrClN2/c1-11(19)14-8-7-13(9-15(14)17)20(2)10-12-5-3-4-6-16(12)18/h3-9,11H,10,19H2,1-2H3/t11-/m0/s1. The van der Waals surface area contributed by atoms with E-state index in [0.717, 1.165) is 32.9 Å². The van der Waals surface area contributed by atoms with Gasteiger partial charge in [0, 0.05) is 34.8 Å². The maximum atomic E-state index is 6.20. The van der Waals surface area contributed by atoms with Gasteiger partial charge in [-0.15, -0.1) is 0 Å². The first-order valence-corrected chi connectivity index (χ1v) is 7.65. The van der Waals surface area contributed by atoms with Crippen LogP contribution in [0.5, 0.6) is 0 Å². The molecule has 0 spiro atoms. The first kappa shape index (κ1) is 15.4. The Morgan fingerprint density at radius 1 is 1.25 bits per heavy atom. The topological polar surface area (TPSA) is 29.3 Å². The van der Waals surface area contributed by atoms with Crippen molar-refractivity contribution in [1.29, 1.82) is 0 Å². The lowest BCUT2D eigenvalue weighted by Crippen LogP contribution is -2.17. The second-order valence-electron chi connectivity index (χ2n) is 4.94. The Morgan fingerprint density at radius 2 is 1.95 bits per heavy atom. The molecule has 20 heavy (non-hydrogen) atoms. The lowest BCUT2D eigenvalue weighted by molar-refractivity contribution is 0.812. The van der Waals surface area contributed by atoms with Crippen LogP contribution in [0.2, 0.25) is 5.02 Å². The number of nitrogens with two attached hydrogens (primary N) is 1. The largest absolute Gasteiger partial charge is 0.370 e. The number of benzene rings is 2. The maximum Gasteiger partial charge on any atom is 0.0455 e. The summed E-state index contributed by atoms with van der Waals surface area (Å²) < 4.78 is 1.04. The van der Waals surface area contributed by atoms with Gasteiger partial charge in [-0.05, 0) is 36.2 Å². The average Bonchev–Trinajstić information content (AvgIpc) is 2.40. The van der Waals surface area contributed by atoms with Gasteiger partial charge in [0.05, 0.1) is 0 Å². The van der Waals surface area contributed by atoms with Gasteiger partial charge in [0.1, 0.15) is 0 Å². The van der Waals surface area contributed by atoms with E-state index in [-0.39, 0.29) is 6.04 Å². The highest BCUT2D eigenvalue weighted by molar-refractivity contribution is 9.10. The molecule has 2 N–H and O–H groups in total. The van der Waals surface area contributed by atoms with Gasteiger partial charge in [0.2, 0.25) is 0 Å². The van der Waals surface area contributed by atoms with Crippen molar-refractivity contribution in [2.24, 2.45) is 5.73 Å².